The zero-order valence-corrected chi connectivity index (χ0v) is 13.1. The molecule has 0 fully saturated rings. The van der Waals surface area contributed by atoms with Crippen molar-refractivity contribution in [3.63, 3.8) is 0 Å². The standard InChI is InChI=1S/C13H20N2O5S/c1-4-7-14-13(16)9-15-21(17,18)10-5-6-11(19-2)12(8-10)20-3/h5-6,8,15H,4,7,9H2,1-3H3,(H,14,16). The second kappa shape index (κ2) is 7.84. The molecule has 8 heteroatoms. The fourth-order valence-corrected chi connectivity index (χ4v) is 2.55. The van der Waals surface area contributed by atoms with Gasteiger partial charge in [0, 0.05) is 12.6 Å². The van der Waals surface area contributed by atoms with Crippen molar-refractivity contribution in [3.05, 3.63) is 18.2 Å². The molecule has 0 aliphatic rings. The molecule has 1 aromatic carbocycles. The van der Waals surface area contributed by atoms with E-state index in [1.807, 2.05) is 6.92 Å². The molecule has 0 saturated carbocycles. The molecule has 0 aliphatic heterocycles. The van der Waals surface area contributed by atoms with Crippen molar-refractivity contribution in [1.29, 1.82) is 0 Å². The van der Waals surface area contributed by atoms with Crippen LogP contribution in [0, 0.1) is 0 Å². The Hall–Kier alpha value is -1.80. The summed E-state index contributed by atoms with van der Waals surface area (Å²) < 4.78 is 36.5. The van der Waals surface area contributed by atoms with E-state index in [0.29, 0.717) is 18.0 Å². The minimum absolute atomic E-state index is 0.00319. The maximum Gasteiger partial charge on any atom is 0.241 e. The van der Waals surface area contributed by atoms with Crippen molar-refractivity contribution in [2.75, 3.05) is 27.3 Å². The van der Waals surface area contributed by atoms with Crippen LogP contribution in [0.1, 0.15) is 13.3 Å². The Balaban J connectivity index is 2.81. The number of carbonyl (C=O) groups is 1. The Morgan fingerprint density at radius 1 is 1.19 bits per heavy atom. The number of benzene rings is 1. The maximum absolute atomic E-state index is 12.1. The average molecular weight is 316 g/mol. The average Bonchev–Trinajstić information content (AvgIpc) is 2.50. The summed E-state index contributed by atoms with van der Waals surface area (Å²) in [5.41, 5.74) is 0. The van der Waals surface area contributed by atoms with Gasteiger partial charge in [-0.25, -0.2) is 13.1 Å². The fraction of sp³-hybridized carbons (Fsp3) is 0.462. The number of carbonyl (C=O) groups excluding carboxylic acids is 1. The number of rotatable bonds is 8. The van der Waals surface area contributed by atoms with Gasteiger partial charge in [-0.3, -0.25) is 4.79 Å². The van der Waals surface area contributed by atoms with E-state index in [1.54, 1.807) is 0 Å². The number of ether oxygens (including phenoxy) is 2. The maximum atomic E-state index is 12.1. The predicted molar refractivity (Wildman–Crippen MR) is 78.0 cm³/mol. The van der Waals surface area contributed by atoms with Gasteiger partial charge in [-0.15, -0.1) is 0 Å². The molecule has 0 unspecified atom stereocenters. The van der Waals surface area contributed by atoms with E-state index in [4.69, 9.17) is 9.47 Å². The van der Waals surface area contributed by atoms with Crippen LogP contribution in [0.3, 0.4) is 0 Å². The summed E-state index contributed by atoms with van der Waals surface area (Å²) in [4.78, 5) is 11.4. The van der Waals surface area contributed by atoms with Gasteiger partial charge >= 0.3 is 0 Å². The monoisotopic (exact) mass is 316 g/mol. The van der Waals surface area contributed by atoms with Crippen LogP contribution in [0.25, 0.3) is 0 Å². The Bertz CT molecular complexity index is 586. The predicted octanol–water partition coefficient (Wildman–Crippen LogP) is 0.508. The van der Waals surface area contributed by atoms with E-state index in [9.17, 15) is 13.2 Å². The molecule has 1 amide bonds. The molecule has 2 N–H and O–H groups in total. The molecule has 0 heterocycles. The first-order chi connectivity index (χ1) is 9.94. The highest BCUT2D eigenvalue weighted by Gasteiger charge is 2.17. The van der Waals surface area contributed by atoms with E-state index >= 15 is 0 Å². The normalized spacial score (nSPS) is 11.0. The van der Waals surface area contributed by atoms with Gasteiger partial charge in [0.1, 0.15) is 0 Å². The summed E-state index contributed by atoms with van der Waals surface area (Å²) in [6.45, 7) is 2.11. The smallest absolute Gasteiger partial charge is 0.241 e. The number of methoxy groups -OCH3 is 2. The minimum Gasteiger partial charge on any atom is -0.493 e. The lowest BCUT2D eigenvalue weighted by atomic mass is 10.3. The lowest BCUT2D eigenvalue weighted by molar-refractivity contribution is -0.119. The molecule has 0 atom stereocenters. The highest BCUT2D eigenvalue weighted by molar-refractivity contribution is 7.89. The van der Waals surface area contributed by atoms with Crippen molar-refractivity contribution in [3.8, 4) is 11.5 Å². The summed E-state index contributed by atoms with van der Waals surface area (Å²) in [6, 6.07) is 4.21. The Morgan fingerprint density at radius 3 is 2.43 bits per heavy atom. The largest absolute Gasteiger partial charge is 0.493 e. The van der Waals surface area contributed by atoms with Gasteiger partial charge < -0.3 is 14.8 Å². The number of nitrogens with one attached hydrogen (secondary N) is 2. The molecule has 0 bridgehead atoms. The fourth-order valence-electron chi connectivity index (χ4n) is 1.55. The van der Waals surface area contributed by atoms with Gasteiger partial charge in [0.05, 0.1) is 25.7 Å². The van der Waals surface area contributed by atoms with Crippen LogP contribution in [0.5, 0.6) is 11.5 Å². The highest BCUT2D eigenvalue weighted by atomic mass is 32.2. The van der Waals surface area contributed by atoms with Gasteiger partial charge in [0.25, 0.3) is 0 Å². The molecule has 118 valence electrons. The summed E-state index contributed by atoms with van der Waals surface area (Å²) in [5, 5.41) is 2.59. The molecule has 0 saturated heterocycles. The van der Waals surface area contributed by atoms with Crippen molar-refractivity contribution < 1.29 is 22.7 Å². The minimum atomic E-state index is -3.78. The quantitative estimate of drug-likeness (QED) is 0.729. The third-order valence-corrected chi connectivity index (χ3v) is 4.06. The Kier molecular flexibility index (Phi) is 6.44. The van der Waals surface area contributed by atoms with E-state index in [-0.39, 0.29) is 17.3 Å². The van der Waals surface area contributed by atoms with Crippen LogP contribution in [0.2, 0.25) is 0 Å². The highest BCUT2D eigenvalue weighted by Crippen LogP contribution is 2.29. The van der Waals surface area contributed by atoms with E-state index in [0.717, 1.165) is 6.42 Å². The zero-order chi connectivity index (χ0) is 15.9. The zero-order valence-electron chi connectivity index (χ0n) is 12.3. The number of amides is 1. The lowest BCUT2D eigenvalue weighted by Crippen LogP contribution is -2.37. The Labute approximate surface area is 124 Å². The summed E-state index contributed by atoms with van der Waals surface area (Å²) in [7, 11) is -0.907. The molecule has 21 heavy (non-hydrogen) atoms. The van der Waals surface area contributed by atoms with Crippen LogP contribution >= 0.6 is 0 Å². The number of hydrogen-bond donors (Lipinski definition) is 2. The van der Waals surface area contributed by atoms with Gasteiger partial charge in [-0.05, 0) is 18.6 Å². The van der Waals surface area contributed by atoms with Crippen LogP contribution in [0.4, 0.5) is 0 Å². The molecule has 0 aliphatic carbocycles. The second-order valence-corrected chi connectivity index (χ2v) is 5.96. The van der Waals surface area contributed by atoms with E-state index in [1.165, 1.54) is 32.4 Å². The molecule has 1 rings (SSSR count). The summed E-state index contributed by atoms with van der Waals surface area (Å²) in [6.07, 6.45) is 0.786. The number of sulfonamides is 1. The van der Waals surface area contributed by atoms with Crippen LogP contribution in [-0.4, -0.2) is 41.6 Å². The van der Waals surface area contributed by atoms with Crippen molar-refractivity contribution in [1.82, 2.24) is 10.0 Å². The molecular weight excluding hydrogens is 296 g/mol. The molecule has 1 aromatic rings. The summed E-state index contributed by atoms with van der Waals surface area (Å²) in [5.74, 6) is 0.355. The van der Waals surface area contributed by atoms with E-state index in [2.05, 4.69) is 10.0 Å². The topological polar surface area (TPSA) is 93.7 Å². The molecule has 0 spiro atoms. The first kappa shape index (κ1) is 17.3. The van der Waals surface area contributed by atoms with Gasteiger partial charge in [0.2, 0.25) is 15.9 Å². The van der Waals surface area contributed by atoms with Gasteiger partial charge in [0.15, 0.2) is 11.5 Å². The number of hydrogen-bond acceptors (Lipinski definition) is 5. The summed E-state index contributed by atoms with van der Waals surface area (Å²) >= 11 is 0. The SMILES string of the molecule is CCCNC(=O)CNS(=O)(=O)c1ccc(OC)c(OC)c1. The van der Waals surface area contributed by atoms with Gasteiger partial charge in [-0.1, -0.05) is 6.92 Å². The van der Waals surface area contributed by atoms with Crippen molar-refractivity contribution >= 4 is 15.9 Å². The van der Waals surface area contributed by atoms with Crippen LogP contribution < -0.4 is 19.5 Å². The van der Waals surface area contributed by atoms with Gasteiger partial charge in [-0.2, -0.15) is 0 Å². The van der Waals surface area contributed by atoms with Crippen LogP contribution in [0.15, 0.2) is 23.1 Å². The first-order valence-electron chi connectivity index (χ1n) is 6.43. The molecular formula is C13H20N2O5S. The third-order valence-electron chi connectivity index (χ3n) is 2.66. The molecule has 0 radical (unpaired) electrons. The molecule has 7 nitrogen and oxygen atoms in total. The van der Waals surface area contributed by atoms with Crippen LogP contribution in [-0.2, 0) is 14.8 Å². The second-order valence-electron chi connectivity index (χ2n) is 4.19. The van der Waals surface area contributed by atoms with Crippen molar-refractivity contribution in [2.24, 2.45) is 0 Å². The third kappa shape index (κ3) is 4.91. The Morgan fingerprint density at radius 2 is 1.86 bits per heavy atom. The molecule has 0 aromatic heterocycles. The van der Waals surface area contributed by atoms with E-state index < -0.39 is 10.0 Å². The lowest BCUT2D eigenvalue weighted by Gasteiger charge is -2.11. The first-order valence-corrected chi connectivity index (χ1v) is 7.91. The van der Waals surface area contributed by atoms with Crippen molar-refractivity contribution in [2.45, 2.75) is 18.2 Å².